The number of H-pyrrole nitrogens is 1. The van der Waals surface area contributed by atoms with Gasteiger partial charge in [0.2, 0.25) is 5.88 Å². The van der Waals surface area contributed by atoms with E-state index in [1.807, 2.05) is 0 Å². The summed E-state index contributed by atoms with van der Waals surface area (Å²) in [5.41, 5.74) is 5.23. The molecule has 0 radical (unpaired) electrons. The third-order valence-electron chi connectivity index (χ3n) is 2.19. The Morgan fingerprint density at radius 1 is 1.69 bits per heavy atom. The SMILES string of the molecule is COc1cc(=O)[nH]c(C2(N)CC2)n1. The molecule has 1 aliphatic carbocycles. The van der Waals surface area contributed by atoms with Crippen LogP contribution in [0.3, 0.4) is 0 Å². The first-order valence-corrected chi connectivity index (χ1v) is 4.09. The smallest absolute Gasteiger partial charge is 0.254 e. The lowest BCUT2D eigenvalue weighted by molar-refractivity contribution is 0.391. The van der Waals surface area contributed by atoms with Crippen LogP contribution in [-0.2, 0) is 5.54 Å². The van der Waals surface area contributed by atoms with Gasteiger partial charge >= 0.3 is 0 Å². The van der Waals surface area contributed by atoms with Crippen molar-refractivity contribution in [3.8, 4) is 5.88 Å². The van der Waals surface area contributed by atoms with Gasteiger partial charge in [-0.25, -0.2) is 0 Å². The van der Waals surface area contributed by atoms with Crippen LogP contribution in [-0.4, -0.2) is 17.1 Å². The van der Waals surface area contributed by atoms with Crippen LogP contribution >= 0.6 is 0 Å². The molecule has 0 spiro atoms. The van der Waals surface area contributed by atoms with Crippen molar-refractivity contribution in [2.45, 2.75) is 18.4 Å². The summed E-state index contributed by atoms with van der Waals surface area (Å²) in [4.78, 5) is 17.8. The van der Waals surface area contributed by atoms with Gasteiger partial charge in [0.15, 0.2) is 0 Å². The second kappa shape index (κ2) is 2.56. The van der Waals surface area contributed by atoms with Crippen molar-refractivity contribution in [3.05, 3.63) is 22.2 Å². The lowest BCUT2D eigenvalue weighted by Gasteiger charge is -2.07. The Balaban J connectivity index is 2.46. The number of nitrogens with one attached hydrogen (secondary N) is 1. The zero-order valence-electron chi connectivity index (χ0n) is 7.33. The molecular formula is C8H11N3O2. The van der Waals surface area contributed by atoms with E-state index in [9.17, 15) is 4.79 Å². The number of nitrogens with zero attached hydrogens (tertiary/aromatic N) is 1. The Labute approximate surface area is 74.9 Å². The quantitative estimate of drug-likeness (QED) is 0.657. The lowest BCUT2D eigenvalue weighted by Crippen LogP contribution is -2.25. The predicted octanol–water partition coefficient (Wildman–Crippen LogP) is -0.274. The third-order valence-corrected chi connectivity index (χ3v) is 2.19. The van der Waals surface area contributed by atoms with Crippen molar-refractivity contribution in [3.63, 3.8) is 0 Å². The maximum Gasteiger partial charge on any atom is 0.254 e. The van der Waals surface area contributed by atoms with Gasteiger partial charge in [-0.3, -0.25) is 4.79 Å². The molecule has 0 aromatic carbocycles. The van der Waals surface area contributed by atoms with Crippen molar-refractivity contribution < 1.29 is 4.74 Å². The number of nitrogens with two attached hydrogens (primary N) is 1. The fraction of sp³-hybridized carbons (Fsp3) is 0.500. The van der Waals surface area contributed by atoms with E-state index in [1.54, 1.807) is 0 Å². The van der Waals surface area contributed by atoms with E-state index in [0.29, 0.717) is 11.7 Å². The number of ether oxygens (including phenoxy) is 1. The molecule has 5 heteroatoms. The minimum atomic E-state index is -0.423. The first-order valence-electron chi connectivity index (χ1n) is 4.09. The molecule has 0 unspecified atom stereocenters. The molecule has 5 nitrogen and oxygen atoms in total. The molecule has 1 aromatic heterocycles. The number of aromatic nitrogens is 2. The Hall–Kier alpha value is -1.36. The predicted molar refractivity (Wildman–Crippen MR) is 46.5 cm³/mol. The van der Waals surface area contributed by atoms with Gasteiger partial charge in [-0.2, -0.15) is 4.98 Å². The number of rotatable bonds is 2. The first kappa shape index (κ1) is 8.25. The minimum Gasteiger partial charge on any atom is -0.481 e. The van der Waals surface area contributed by atoms with Gasteiger partial charge in [-0.15, -0.1) is 0 Å². The fourth-order valence-electron chi connectivity index (χ4n) is 1.15. The summed E-state index contributed by atoms with van der Waals surface area (Å²) in [6, 6.07) is 1.30. The molecule has 1 heterocycles. The summed E-state index contributed by atoms with van der Waals surface area (Å²) >= 11 is 0. The summed E-state index contributed by atoms with van der Waals surface area (Å²) in [5, 5.41) is 0. The summed E-state index contributed by atoms with van der Waals surface area (Å²) in [6.07, 6.45) is 1.73. The van der Waals surface area contributed by atoms with E-state index in [0.717, 1.165) is 12.8 Å². The summed E-state index contributed by atoms with van der Waals surface area (Å²) < 4.78 is 4.87. The number of methoxy groups -OCH3 is 1. The second-order valence-electron chi connectivity index (χ2n) is 3.29. The minimum absolute atomic E-state index is 0.224. The Morgan fingerprint density at radius 2 is 2.38 bits per heavy atom. The zero-order chi connectivity index (χ0) is 9.47. The van der Waals surface area contributed by atoms with E-state index in [4.69, 9.17) is 10.5 Å². The van der Waals surface area contributed by atoms with E-state index in [2.05, 4.69) is 9.97 Å². The average Bonchev–Trinajstić information content (AvgIpc) is 2.84. The Bertz CT molecular complexity index is 381. The van der Waals surface area contributed by atoms with Gasteiger partial charge in [0.25, 0.3) is 5.56 Å². The number of aromatic amines is 1. The molecule has 1 aliphatic rings. The van der Waals surface area contributed by atoms with Crippen LogP contribution in [0.2, 0.25) is 0 Å². The highest BCUT2D eigenvalue weighted by atomic mass is 16.5. The third kappa shape index (κ3) is 1.42. The molecule has 1 saturated carbocycles. The van der Waals surface area contributed by atoms with Crippen LogP contribution in [0.1, 0.15) is 18.7 Å². The van der Waals surface area contributed by atoms with Crippen LogP contribution < -0.4 is 16.0 Å². The largest absolute Gasteiger partial charge is 0.481 e. The molecule has 0 bridgehead atoms. The van der Waals surface area contributed by atoms with Gasteiger partial charge in [0, 0.05) is 0 Å². The lowest BCUT2D eigenvalue weighted by atomic mass is 10.3. The normalized spacial score (nSPS) is 18.3. The molecule has 0 amide bonds. The molecule has 1 aromatic rings. The maximum atomic E-state index is 11.1. The molecular weight excluding hydrogens is 170 g/mol. The monoisotopic (exact) mass is 181 g/mol. The summed E-state index contributed by atoms with van der Waals surface area (Å²) in [7, 11) is 1.47. The topological polar surface area (TPSA) is 81.0 Å². The van der Waals surface area contributed by atoms with E-state index < -0.39 is 5.54 Å². The first-order chi connectivity index (χ1) is 6.14. The van der Waals surface area contributed by atoms with Gasteiger partial charge < -0.3 is 15.5 Å². The summed E-state index contributed by atoms with van der Waals surface area (Å²) in [5.74, 6) is 0.840. The highest BCUT2D eigenvalue weighted by Gasteiger charge is 2.42. The van der Waals surface area contributed by atoms with E-state index in [-0.39, 0.29) is 5.56 Å². The fourth-order valence-corrected chi connectivity index (χ4v) is 1.15. The Kier molecular flexibility index (Phi) is 1.63. The highest BCUT2D eigenvalue weighted by Crippen LogP contribution is 2.40. The number of hydrogen-bond acceptors (Lipinski definition) is 4. The second-order valence-corrected chi connectivity index (χ2v) is 3.29. The zero-order valence-corrected chi connectivity index (χ0v) is 7.33. The van der Waals surface area contributed by atoms with Crippen LogP contribution in [0.15, 0.2) is 10.9 Å². The van der Waals surface area contributed by atoms with Gasteiger partial charge in [0.1, 0.15) is 5.82 Å². The maximum absolute atomic E-state index is 11.1. The molecule has 3 N–H and O–H groups in total. The Morgan fingerprint density at radius 3 is 2.92 bits per heavy atom. The van der Waals surface area contributed by atoms with Crippen molar-refractivity contribution in [2.24, 2.45) is 5.73 Å². The molecule has 2 rings (SSSR count). The van der Waals surface area contributed by atoms with Crippen molar-refractivity contribution in [1.82, 2.24) is 9.97 Å². The molecule has 0 aliphatic heterocycles. The van der Waals surface area contributed by atoms with Crippen LogP contribution in [0, 0.1) is 0 Å². The van der Waals surface area contributed by atoms with Crippen molar-refractivity contribution in [2.75, 3.05) is 7.11 Å². The van der Waals surface area contributed by atoms with E-state index >= 15 is 0 Å². The molecule has 1 fully saturated rings. The molecule has 0 atom stereocenters. The van der Waals surface area contributed by atoms with Crippen molar-refractivity contribution >= 4 is 0 Å². The number of hydrogen-bond donors (Lipinski definition) is 2. The van der Waals surface area contributed by atoms with Gasteiger partial charge in [-0.05, 0) is 12.8 Å². The highest BCUT2D eigenvalue weighted by molar-refractivity contribution is 5.19. The van der Waals surface area contributed by atoms with E-state index in [1.165, 1.54) is 13.2 Å². The molecule has 13 heavy (non-hydrogen) atoms. The van der Waals surface area contributed by atoms with Crippen LogP contribution in [0.5, 0.6) is 5.88 Å². The van der Waals surface area contributed by atoms with Crippen LogP contribution in [0.25, 0.3) is 0 Å². The average molecular weight is 181 g/mol. The molecule has 70 valence electrons. The summed E-state index contributed by atoms with van der Waals surface area (Å²) in [6.45, 7) is 0. The van der Waals surface area contributed by atoms with Gasteiger partial charge in [-0.1, -0.05) is 0 Å². The van der Waals surface area contributed by atoms with Crippen LogP contribution in [0.4, 0.5) is 0 Å². The molecule has 0 saturated heterocycles. The van der Waals surface area contributed by atoms with Gasteiger partial charge in [0.05, 0.1) is 18.7 Å². The standard InChI is InChI=1S/C8H11N3O2/c1-13-6-4-5(12)10-7(11-6)8(9)2-3-8/h4H,2-3,9H2,1H3,(H,10,11,12). The van der Waals surface area contributed by atoms with Crippen molar-refractivity contribution in [1.29, 1.82) is 0 Å².